The molecule has 0 bridgehead atoms. The first-order valence-corrected chi connectivity index (χ1v) is 37.3. The Morgan fingerprint density at radius 1 is 0.295 bits per heavy atom. The summed E-state index contributed by atoms with van der Waals surface area (Å²) in [4.78, 5) is 5.79. The molecule has 0 amide bonds. The average molecular weight is 1260 g/mol. The van der Waals surface area contributed by atoms with E-state index in [9.17, 15) is 0 Å². The van der Waals surface area contributed by atoms with Gasteiger partial charge in [-0.3, -0.25) is 0 Å². The van der Waals surface area contributed by atoms with E-state index in [1.54, 1.807) is 0 Å². The van der Waals surface area contributed by atoms with E-state index in [2.05, 4.69) is 279 Å². The van der Waals surface area contributed by atoms with Crippen molar-refractivity contribution in [1.29, 1.82) is 0 Å². The van der Waals surface area contributed by atoms with E-state index in [0.717, 1.165) is 51.4 Å². The molecule has 11 aromatic rings. The van der Waals surface area contributed by atoms with Crippen LogP contribution in [-0.4, -0.2) is 15.8 Å². The van der Waals surface area contributed by atoms with Crippen LogP contribution in [0.25, 0.3) is 55.0 Å². The molecule has 490 valence electrons. The molecule has 0 spiro atoms. The van der Waals surface area contributed by atoms with E-state index in [-0.39, 0.29) is 23.0 Å². The standard InChI is InChI=1S/C90H107BN4/c1-14-18-22-26-38-62-54-66(88(5,6)7)55-63(39-27-23-19-15-2)86(62)94-81-60-69(92-77-46-34-30-42-71(77)72-43-31-35-47-78(72)92)50-52-75(81)91-76-53-51-70(93-79-48-36-32-44-73(79)74-45-33-37-49-80(74)93)61-82(76)95(84-59-68(90(11,12)13)58-83(94)85(84)91)87-64(40-28-24-20-16-3)56-67(89(8,9)10)57-65(87)41-29-25-21-17-4/h30-37,42-61H,14-29,38-41H2,1-13H3. The Labute approximate surface area is 571 Å². The van der Waals surface area contributed by atoms with Crippen LogP contribution in [0.5, 0.6) is 0 Å². The Balaban J connectivity index is 1.19. The maximum Gasteiger partial charge on any atom is 0.252 e. The largest absolute Gasteiger partial charge is 0.311 e. The van der Waals surface area contributed by atoms with E-state index in [4.69, 9.17) is 0 Å². The number of aryl methyl sites for hydroxylation is 4. The van der Waals surface area contributed by atoms with E-state index >= 15 is 0 Å². The minimum atomic E-state index is -0.196. The van der Waals surface area contributed by atoms with Gasteiger partial charge in [-0.15, -0.1) is 0 Å². The van der Waals surface area contributed by atoms with E-state index in [1.165, 1.54) is 221 Å². The van der Waals surface area contributed by atoms with E-state index in [1.807, 2.05) is 0 Å². The fraction of sp³-hybridized carbons (Fsp3) is 0.400. The highest BCUT2D eigenvalue weighted by atomic mass is 15.2. The number of benzene rings is 9. The molecule has 4 nitrogen and oxygen atoms in total. The minimum absolute atomic E-state index is 0.0257. The first kappa shape index (κ1) is 65.9. The molecular weight excluding hydrogens is 1150 g/mol. The van der Waals surface area contributed by atoms with Gasteiger partial charge in [0.2, 0.25) is 0 Å². The summed E-state index contributed by atoms with van der Waals surface area (Å²) in [5, 5.41) is 5.15. The second-order valence-corrected chi connectivity index (χ2v) is 31.5. The Kier molecular flexibility index (Phi) is 19.0. The smallest absolute Gasteiger partial charge is 0.252 e. The van der Waals surface area contributed by atoms with Gasteiger partial charge in [0.15, 0.2) is 0 Å². The molecule has 0 aliphatic carbocycles. The maximum absolute atomic E-state index is 2.89. The lowest BCUT2D eigenvalue weighted by Crippen LogP contribution is -2.61. The number of aromatic nitrogens is 2. The molecule has 0 saturated heterocycles. The number of fused-ring (bicyclic) bond motifs is 10. The summed E-state index contributed by atoms with van der Waals surface area (Å²) in [5.41, 5.74) is 29.6. The lowest BCUT2D eigenvalue weighted by atomic mass is 9.33. The molecule has 95 heavy (non-hydrogen) atoms. The number of nitrogens with zero attached hydrogens (tertiary/aromatic N) is 4. The van der Waals surface area contributed by atoms with Crippen molar-refractivity contribution in [3.63, 3.8) is 0 Å². The topological polar surface area (TPSA) is 16.3 Å². The zero-order valence-electron chi connectivity index (χ0n) is 60.2. The summed E-state index contributed by atoms with van der Waals surface area (Å²) in [5.74, 6) is 0. The number of para-hydroxylation sites is 4. The van der Waals surface area contributed by atoms with Crippen LogP contribution in [0.1, 0.15) is 232 Å². The predicted molar refractivity (Wildman–Crippen MR) is 417 cm³/mol. The highest BCUT2D eigenvalue weighted by Gasteiger charge is 2.46. The van der Waals surface area contributed by atoms with Crippen molar-refractivity contribution in [3.8, 4) is 11.4 Å². The molecule has 0 fully saturated rings. The summed E-state index contributed by atoms with van der Waals surface area (Å²) in [6.45, 7) is 31.4. The third kappa shape index (κ3) is 12.6. The summed E-state index contributed by atoms with van der Waals surface area (Å²) in [6, 6.07) is 67.8. The Morgan fingerprint density at radius 2 is 0.579 bits per heavy atom. The van der Waals surface area contributed by atoms with E-state index < -0.39 is 0 Å². The van der Waals surface area contributed by atoms with Crippen LogP contribution < -0.4 is 26.2 Å². The zero-order valence-corrected chi connectivity index (χ0v) is 60.2. The average Bonchev–Trinajstić information content (AvgIpc) is 1.16. The molecular formula is C90H107BN4. The van der Waals surface area contributed by atoms with Crippen LogP contribution in [0.2, 0.25) is 0 Å². The third-order valence-electron chi connectivity index (χ3n) is 21.5. The number of unbranched alkanes of at least 4 members (excludes halogenated alkanes) is 12. The SMILES string of the molecule is CCCCCCc1cc(C(C)(C)C)cc(CCCCCC)c1N1c2cc(-n3c4ccccc4c4ccccc43)ccc2B2c3ccc(-n4c5ccccc5c5ccccc54)cc3N(c3c(CCCCCC)cc(C(C)(C)C)cc3CCCCCC)c3cc(C(C)(C)C)cc1c32. The fourth-order valence-electron chi connectivity index (χ4n) is 16.3. The molecule has 4 heterocycles. The fourth-order valence-corrected chi connectivity index (χ4v) is 16.3. The van der Waals surface area contributed by atoms with Crippen molar-refractivity contribution in [2.75, 3.05) is 9.80 Å². The van der Waals surface area contributed by atoms with Crippen LogP contribution >= 0.6 is 0 Å². The third-order valence-corrected chi connectivity index (χ3v) is 21.5. The second-order valence-electron chi connectivity index (χ2n) is 31.5. The molecule has 2 aliphatic rings. The van der Waals surface area contributed by atoms with Gasteiger partial charge in [-0.1, -0.05) is 276 Å². The Morgan fingerprint density at radius 3 is 0.863 bits per heavy atom. The quantitative estimate of drug-likeness (QED) is 0.0443. The molecule has 0 radical (unpaired) electrons. The van der Waals surface area contributed by atoms with Gasteiger partial charge >= 0.3 is 0 Å². The monoisotopic (exact) mass is 1250 g/mol. The number of hydrogen-bond donors (Lipinski definition) is 0. The van der Waals surface area contributed by atoms with Gasteiger partial charge in [-0.25, -0.2) is 0 Å². The highest BCUT2D eigenvalue weighted by molar-refractivity contribution is 7.00. The summed E-state index contributed by atoms with van der Waals surface area (Å²) in [7, 11) is 0. The molecule has 9 aromatic carbocycles. The molecule has 0 N–H and O–H groups in total. The maximum atomic E-state index is 2.89. The van der Waals surface area contributed by atoms with Gasteiger partial charge < -0.3 is 18.9 Å². The molecule has 0 saturated carbocycles. The number of hydrogen-bond acceptors (Lipinski definition) is 2. The second kappa shape index (κ2) is 27.4. The normalized spacial score (nSPS) is 13.3. The molecule has 13 rings (SSSR count). The lowest BCUT2D eigenvalue weighted by molar-refractivity contribution is 0.586. The van der Waals surface area contributed by atoms with Crippen molar-refractivity contribution in [3.05, 3.63) is 209 Å². The molecule has 5 heteroatoms. The summed E-state index contributed by atoms with van der Waals surface area (Å²) in [6.07, 6.45) is 23.6. The van der Waals surface area contributed by atoms with Gasteiger partial charge in [0.25, 0.3) is 6.71 Å². The van der Waals surface area contributed by atoms with Crippen molar-refractivity contribution >= 4 is 101 Å². The minimum Gasteiger partial charge on any atom is -0.311 e. The lowest BCUT2D eigenvalue weighted by Gasteiger charge is -2.47. The van der Waals surface area contributed by atoms with Gasteiger partial charge in [-0.05, 0) is 184 Å². The van der Waals surface area contributed by atoms with Crippen LogP contribution in [0, 0.1) is 0 Å². The van der Waals surface area contributed by atoms with Crippen molar-refractivity contribution in [1.82, 2.24) is 9.13 Å². The first-order valence-electron chi connectivity index (χ1n) is 37.3. The van der Waals surface area contributed by atoms with Crippen LogP contribution in [0.4, 0.5) is 34.1 Å². The molecule has 0 atom stereocenters. The summed E-state index contributed by atoms with van der Waals surface area (Å²) >= 11 is 0. The Hall–Kier alpha value is -7.76. The van der Waals surface area contributed by atoms with Gasteiger partial charge in [-0.2, -0.15) is 0 Å². The summed E-state index contributed by atoms with van der Waals surface area (Å²) < 4.78 is 5.13. The van der Waals surface area contributed by atoms with Crippen molar-refractivity contribution < 1.29 is 0 Å². The first-order chi connectivity index (χ1) is 45.9. The van der Waals surface area contributed by atoms with Gasteiger partial charge in [0, 0.05) is 55.7 Å². The van der Waals surface area contributed by atoms with Crippen molar-refractivity contribution in [2.45, 2.75) is 235 Å². The van der Waals surface area contributed by atoms with E-state index in [0.29, 0.717) is 0 Å². The number of rotatable bonds is 24. The molecule has 0 unspecified atom stereocenters. The van der Waals surface area contributed by atoms with Gasteiger partial charge in [0.1, 0.15) is 0 Å². The number of anilines is 6. The van der Waals surface area contributed by atoms with Crippen LogP contribution in [-0.2, 0) is 41.9 Å². The van der Waals surface area contributed by atoms with Crippen LogP contribution in [0.3, 0.4) is 0 Å². The predicted octanol–water partition coefficient (Wildman–Crippen LogP) is 24.3. The Bertz CT molecular complexity index is 4130. The molecule has 2 aliphatic heterocycles. The molecule has 2 aromatic heterocycles. The van der Waals surface area contributed by atoms with Crippen LogP contribution in [0.15, 0.2) is 170 Å². The zero-order chi connectivity index (χ0) is 66.3. The highest BCUT2D eigenvalue weighted by Crippen LogP contribution is 2.52. The van der Waals surface area contributed by atoms with Crippen molar-refractivity contribution in [2.24, 2.45) is 0 Å². The van der Waals surface area contributed by atoms with Gasteiger partial charge in [0.05, 0.1) is 33.4 Å².